The maximum absolute atomic E-state index is 7.68. The number of nitrogens with two attached hydrogens (primary N) is 1. The van der Waals surface area contributed by atoms with Gasteiger partial charge >= 0.3 is 0 Å². The lowest BCUT2D eigenvalue weighted by Gasteiger charge is -2.21. The minimum Gasteiger partial charge on any atom is -0.370 e. The zero-order valence-electron chi connectivity index (χ0n) is 16.3. The average molecular weight is 370 g/mol. The van der Waals surface area contributed by atoms with Crippen molar-refractivity contribution in [3.8, 4) is 11.4 Å². The first-order valence-electron chi connectivity index (χ1n) is 10.2. The number of guanidine groups is 1. The van der Waals surface area contributed by atoms with Crippen molar-refractivity contribution >= 4 is 5.96 Å². The second-order valence-electron chi connectivity index (χ2n) is 7.41. The van der Waals surface area contributed by atoms with E-state index in [0.29, 0.717) is 11.7 Å². The number of aryl methyl sites for hydroxylation is 1. The molecule has 0 aliphatic carbocycles. The lowest BCUT2D eigenvalue weighted by Crippen LogP contribution is -2.35. The van der Waals surface area contributed by atoms with Gasteiger partial charge in [0.2, 0.25) is 11.7 Å². The summed E-state index contributed by atoms with van der Waals surface area (Å²) in [7, 11) is 0. The van der Waals surface area contributed by atoms with Gasteiger partial charge in [-0.1, -0.05) is 68.4 Å². The van der Waals surface area contributed by atoms with E-state index in [2.05, 4.69) is 41.3 Å². The average Bonchev–Trinajstić information content (AvgIpc) is 3.34. The molecule has 0 radical (unpaired) electrons. The smallest absolute Gasteiger partial charge is 0.249 e. The highest BCUT2D eigenvalue weighted by atomic mass is 16.5. The second kappa shape index (κ2) is 9.53. The summed E-state index contributed by atoms with van der Waals surface area (Å²) in [6, 6.07) is 8.39. The molecule has 6 heteroatoms. The lowest BCUT2D eigenvalue weighted by molar-refractivity contribution is 0.283. The van der Waals surface area contributed by atoms with Gasteiger partial charge in [0.25, 0.3) is 0 Å². The molecule has 6 nitrogen and oxygen atoms in total. The second-order valence-corrected chi connectivity index (χ2v) is 7.41. The highest BCUT2D eigenvalue weighted by molar-refractivity contribution is 5.75. The van der Waals surface area contributed by atoms with E-state index in [4.69, 9.17) is 15.7 Å². The number of unbranched alkanes of at least 4 members (excludes halogenated alkanes) is 5. The van der Waals surface area contributed by atoms with E-state index in [1.165, 1.54) is 44.1 Å². The van der Waals surface area contributed by atoms with Crippen molar-refractivity contribution in [3.63, 3.8) is 0 Å². The summed E-state index contributed by atoms with van der Waals surface area (Å²) in [6.45, 7) is 3.02. The molecule has 27 heavy (non-hydrogen) atoms. The van der Waals surface area contributed by atoms with E-state index in [1.54, 1.807) is 0 Å². The van der Waals surface area contributed by atoms with Crippen LogP contribution in [0.5, 0.6) is 0 Å². The first-order chi connectivity index (χ1) is 13.2. The summed E-state index contributed by atoms with van der Waals surface area (Å²) in [5.41, 5.74) is 7.97. The van der Waals surface area contributed by atoms with Crippen LogP contribution in [0.2, 0.25) is 0 Å². The Morgan fingerprint density at radius 3 is 2.67 bits per heavy atom. The van der Waals surface area contributed by atoms with Crippen LogP contribution in [0, 0.1) is 5.41 Å². The Morgan fingerprint density at radius 1 is 1.19 bits per heavy atom. The molecule has 0 bridgehead atoms. The molecule has 1 atom stereocenters. The Morgan fingerprint density at radius 2 is 1.93 bits per heavy atom. The van der Waals surface area contributed by atoms with Gasteiger partial charge in [0.15, 0.2) is 5.96 Å². The van der Waals surface area contributed by atoms with Gasteiger partial charge in [-0.15, -0.1) is 0 Å². The van der Waals surface area contributed by atoms with Crippen molar-refractivity contribution in [2.45, 2.75) is 70.8 Å². The van der Waals surface area contributed by atoms with Crippen molar-refractivity contribution < 1.29 is 4.52 Å². The molecular weight excluding hydrogens is 338 g/mol. The molecule has 2 heterocycles. The summed E-state index contributed by atoms with van der Waals surface area (Å²) < 4.78 is 5.47. The molecular formula is C21H31N5O. The van der Waals surface area contributed by atoms with Gasteiger partial charge < -0.3 is 15.2 Å². The normalized spacial score (nSPS) is 16.8. The molecule has 1 aromatic carbocycles. The predicted octanol–water partition coefficient (Wildman–Crippen LogP) is 4.67. The fourth-order valence-corrected chi connectivity index (χ4v) is 3.73. The fourth-order valence-electron chi connectivity index (χ4n) is 3.73. The number of hydrogen-bond acceptors (Lipinski definition) is 4. The van der Waals surface area contributed by atoms with Crippen molar-refractivity contribution in [1.29, 1.82) is 5.41 Å². The molecule has 1 fully saturated rings. The first-order valence-corrected chi connectivity index (χ1v) is 10.2. The number of rotatable bonds is 9. The van der Waals surface area contributed by atoms with Gasteiger partial charge in [-0.05, 0) is 31.2 Å². The topological polar surface area (TPSA) is 92.0 Å². The maximum atomic E-state index is 7.68. The monoisotopic (exact) mass is 369 g/mol. The zero-order valence-corrected chi connectivity index (χ0v) is 16.3. The molecule has 1 saturated heterocycles. The number of nitrogens with one attached hydrogen (secondary N) is 1. The number of benzene rings is 1. The first kappa shape index (κ1) is 19.4. The van der Waals surface area contributed by atoms with Crippen molar-refractivity contribution in [2.24, 2.45) is 5.73 Å². The van der Waals surface area contributed by atoms with E-state index in [9.17, 15) is 0 Å². The van der Waals surface area contributed by atoms with Crippen molar-refractivity contribution in [1.82, 2.24) is 15.0 Å². The minimum absolute atomic E-state index is 0.0660. The summed E-state index contributed by atoms with van der Waals surface area (Å²) in [5.74, 6) is 1.22. The van der Waals surface area contributed by atoms with E-state index >= 15 is 0 Å². The van der Waals surface area contributed by atoms with Crippen LogP contribution in [0.15, 0.2) is 28.8 Å². The Labute approximate surface area is 161 Å². The van der Waals surface area contributed by atoms with Crippen LogP contribution < -0.4 is 5.73 Å². The van der Waals surface area contributed by atoms with Crippen LogP contribution in [-0.2, 0) is 6.42 Å². The van der Waals surface area contributed by atoms with Gasteiger partial charge in [0.05, 0.1) is 0 Å². The predicted molar refractivity (Wildman–Crippen MR) is 107 cm³/mol. The summed E-state index contributed by atoms with van der Waals surface area (Å²) in [6.07, 6.45) is 10.9. The molecule has 1 aromatic heterocycles. The molecule has 2 aromatic rings. The molecule has 0 saturated carbocycles. The Balaban J connectivity index is 1.55. The Hall–Kier alpha value is -2.37. The molecule has 1 aliphatic rings. The molecule has 3 rings (SSSR count). The van der Waals surface area contributed by atoms with Crippen LogP contribution in [0.25, 0.3) is 11.4 Å². The van der Waals surface area contributed by atoms with Crippen LogP contribution in [-0.4, -0.2) is 27.5 Å². The standard InChI is InChI=1S/C21H31N5O/c1-2-3-4-5-6-7-9-16-11-13-17(14-12-16)19-24-20(27-25-19)18-10-8-15-26(18)21(22)23/h11-14,18H,2-10,15H2,1H3,(H3,22,23). The third kappa shape index (κ3) is 5.08. The van der Waals surface area contributed by atoms with E-state index in [-0.39, 0.29) is 12.0 Å². The Bertz CT molecular complexity index is 724. The molecule has 146 valence electrons. The van der Waals surface area contributed by atoms with E-state index in [1.807, 2.05) is 4.90 Å². The molecule has 1 unspecified atom stereocenters. The van der Waals surface area contributed by atoms with E-state index in [0.717, 1.165) is 31.4 Å². The molecule has 0 amide bonds. The zero-order chi connectivity index (χ0) is 19.1. The Kier molecular flexibility index (Phi) is 6.85. The van der Waals surface area contributed by atoms with Gasteiger partial charge in [-0.3, -0.25) is 5.41 Å². The van der Waals surface area contributed by atoms with Crippen molar-refractivity contribution in [3.05, 3.63) is 35.7 Å². The van der Waals surface area contributed by atoms with Crippen molar-refractivity contribution in [2.75, 3.05) is 6.54 Å². The van der Waals surface area contributed by atoms with Gasteiger partial charge in [-0.2, -0.15) is 4.98 Å². The van der Waals surface area contributed by atoms with Gasteiger partial charge in [0, 0.05) is 12.1 Å². The number of nitrogens with zero attached hydrogens (tertiary/aromatic N) is 3. The largest absolute Gasteiger partial charge is 0.370 e. The quantitative estimate of drug-likeness (QED) is 0.381. The minimum atomic E-state index is -0.0734. The van der Waals surface area contributed by atoms with Gasteiger partial charge in [-0.25, -0.2) is 0 Å². The maximum Gasteiger partial charge on any atom is 0.249 e. The van der Waals surface area contributed by atoms with Crippen LogP contribution in [0.3, 0.4) is 0 Å². The summed E-state index contributed by atoms with van der Waals surface area (Å²) in [5, 5.41) is 11.8. The molecule has 1 aliphatic heterocycles. The fraction of sp³-hybridized carbons (Fsp3) is 0.571. The van der Waals surface area contributed by atoms with Crippen LogP contribution >= 0.6 is 0 Å². The SMILES string of the molecule is CCCCCCCCc1ccc(-c2noc(C3CCCN3C(=N)N)n2)cc1. The summed E-state index contributed by atoms with van der Waals surface area (Å²) in [4.78, 5) is 6.38. The van der Waals surface area contributed by atoms with Crippen LogP contribution in [0.4, 0.5) is 0 Å². The lowest BCUT2D eigenvalue weighted by atomic mass is 10.0. The van der Waals surface area contributed by atoms with E-state index < -0.39 is 0 Å². The highest BCUT2D eigenvalue weighted by Crippen LogP contribution is 2.31. The number of aromatic nitrogens is 2. The third-order valence-corrected chi connectivity index (χ3v) is 5.32. The molecule has 0 spiro atoms. The van der Waals surface area contributed by atoms with Crippen LogP contribution in [0.1, 0.15) is 75.8 Å². The number of hydrogen-bond donors (Lipinski definition) is 2. The number of likely N-dealkylation sites (tertiary alicyclic amines) is 1. The van der Waals surface area contributed by atoms with Gasteiger partial charge in [0.1, 0.15) is 6.04 Å². The molecule has 3 N–H and O–H groups in total. The highest BCUT2D eigenvalue weighted by Gasteiger charge is 2.31. The summed E-state index contributed by atoms with van der Waals surface area (Å²) >= 11 is 0. The third-order valence-electron chi connectivity index (χ3n) is 5.32.